The first-order valence-corrected chi connectivity index (χ1v) is 9.12. The summed E-state index contributed by atoms with van der Waals surface area (Å²) in [5.41, 5.74) is 0. The molecule has 0 spiro atoms. The fourth-order valence-corrected chi connectivity index (χ4v) is 4.38. The van der Waals surface area contributed by atoms with Crippen molar-refractivity contribution in [2.45, 2.75) is 44.1 Å². The van der Waals surface area contributed by atoms with E-state index in [4.69, 9.17) is 4.42 Å². The molecule has 0 bridgehead atoms. The predicted octanol–water partition coefficient (Wildman–Crippen LogP) is 2.23. The Morgan fingerprint density at radius 1 is 1.38 bits per heavy atom. The van der Waals surface area contributed by atoms with Gasteiger partial charge in [0.25, 0.3) is 0 Å². The minimum atomic E-state index is -3.21. The number of sulfone groups is 1. The van der Waals surface area contributed by atoms with Gasteiger partial charge in [-0.2, -0.15) is 0 Å². The number of nitrogens with zero attached hydrogens (tertiary/aromatic N) is 1. The molecule has 0 saturated carbocycles. The van der Waals surface area contributed by atoms with E-state index in [1.807, 2.05) is 13.8 Å². The first-order chi connectivity index (χ1) is 9.88. The SMILES string of the molecule is CC(C)CC(=O)N1CCC(S(=O)(=O)Cc2ccco2)CC1. The van der Waals surface area contributed by atoms with Crippen molar-refractivity contribution >= 4 is 15.7 Å². The number of likely N-dealkylation sites (tertiary alicyclic amines) is 1. The molecule has 1 aliphatic heterocycles. The molecule has 0 N–H and O–H groups in total. The molecule has 1 aliphatic rings. The summed E-state index contributed by atoms with van der Waals surface area (Å²) in [5.74, 6) is 0.892. The van der Waals surface area contributed by atoms with Crippen molar-refractivity contribution in [1.29, 1.82) is 0 Å². The van der Waals surface area contributed by atoms with Gasteiger partial charge in [-0.3, -0.25) is 4.79 Å². The average molecular weight is 313 g/mol. The molecule has 1 saturated heterocycles. The lowest BCUT2D eigenvalue weighted by Gasteiger charge is -2.32. The summed E-state index contributed by atoms with van der Waals surface area (Å²) in [4.78, 5) is 13.8. The number of rotatable bonds is 5. The molecule has 2 heterocycles. The van der Waals surface area contributed by atoms with Crippen LogP contribution in [0.3, 0.4) is 0 Å². The molecule has 5 nitrogen and oxygen atoms in total. The van der Waals surface area contributed by atoms with Gasteiger partial charge in [0.05, 0.1) is 11.5 Å². The Kier molecular flexibility index (Phi) is 5.08. The Morgan fingerprint density at radius 2 is 2.05 bits per heavy atom. The third-order valence-corrected chi connectivity index (χ3v) is 5.98. The number of carbonyl (C=O) groups excluding carboxylic acids is 1. The van der Waals surface area contributed by atoms with Crippen molar-refractivity contribution in [2.75, 3.05) is 13.1 Å². The fraction of sp³-hybridized carbons (Fsp3) is 0.667. The van der Waals surface area contributed by atoms with Crippen LogP contribution < -0.4 is 0 Å². The third kappa shape index (κ3) is 4.33. The third-order valence-electron chi connectivity index (χ3n) is 3.81. The molecular weight excluding hydrogens is 290 g/mol. The van der Waals surface area contributed by atoms with E-state index in [9.17, 15) is 13.2 Å². The minimum Gasteiger partial charge on any atom is -0.468 e. The Hall–Kier alpha value is -1.30. The average Bonchev–Trinajstić information content (AvgIpc) is 2.90. The summed E-state index contributed by atoms with van der Waals surface area (Å²) < 4.78 is 29.8. The van der Waals surface area contributed by atoms with Crippen LogP contribution >= 0.6 is 0 Å². The lowest BCUT2D eigenvalue weighted by molar-refractivity contribution is -0.132. The number of carbonyl (C=O) groups is 1. The van der Waals surface area contributed by atoms with Crippen molar-refractivity contribution in [3.63, 3.8) is 0 Å². The maximum atomic E-state index is 12.3. The highest BCUT2D eigenvalue weighted by atomic mass is 32.2. The van der Waals surface area contributed by atoms with E-state index in [2.05, 4.69) is 0 Å². The van der Waals surface area contributed by atoms with Gasteiger partial charge in [-0.1, -0.05) is 13.8 Å². The Morgan fingerprint density at radius 3 is 2.57 bits per heavy atom. The van der Waals surface area contributed by atoms with Crippen LogP contribution in [0.15, 0.2) is 22.8 Å². The topological polar surface area (TPSA) is 67.6 Å². The summed E-state index contributed by atoms with van der Waals surface area (Å²) in [6.45, 7) is 5.10. The van der Waals surface area contributed by atoms with Gasteiger partial charge in [0.2, 0.25) is 5.91 Å². The molecule has 1 aromatic heterocycles. The quantitative estimate of drug-likeness (QED) is 0.836. The van der Waals surface area contributed by atoms with Gasteiger partial charge in [-0.15, -0.1) is 0 Å². The van der Waals surface area contributed by atoms with E-state index in [1.165, 1.54) is 6.26 Å². The molecule has 0 unspecified atom stereocenters. The zero-order chi connectivity index (χ0) is 15.5. The summed E-state index contributed by atoms with van der Waals surface area (Å²) in [5, 5.41) is -0.370. The first-order valence-electron chi connectivity index (χ1n) is 7.40. The standard InChI is InChI=1S/C15H23NO4S/c1-12(2)10-15(17)16-7-5-14(6-8-16)21(18,19)11-13-4-3-9-20-13/h3-4,9,12,14H,5-8,10-11H2,1-2H3. The van der Waals surface area contributed by atoms with Crippen LogP contribution in [0.25, 0.3) is 0 Å². The zero-order valence-corrected chi connectivity index (χ0v) is 13.4. The van der Waals surface area contributed by atoms with E-state index in [-0.39, 0.29) is 16.9 Å². The molecule has 0 aromatic carbocycles. The van der Waals surface area contributed by atoms with Gasteiger partial charge < -0.3 is 9.32 Å². The van der Waals surface area contributed by atoms with Crippen LogP contribution in [-0.4, -0.2) is 37.6 Å². The molecule has 1 aromatic rings. The molecule has 1 amide bonds. The lowest BCUT2D eigenvalue weighted by Crippen LogP contribution is -2.43. The van der Waals surface area contributed by atoms with Gasteiger partial charge >= 0.3 is 0 Å². The monoisotopic (exact) mass is 313 g/mol. The highest BCUT2D eigenvalue weighted by Gasteiger charge is 2.32. The normalized spacial score (nSPS) is 17.4. The fourth-order valence-electron chi connectivity index (χ4n) is 2.65. The highest BCUT2D eigenvalue weighted by molar-refractivity contribution is 7.91. The van der Waals surface area contributed by atoms with Crippen molar-refractivity contribution in [2.24, 2.45) is 5.92 Å². The smallest absolute Gasteiger partial charge is 0.222 e. The molecule has 0 radical (unpaired) electrons. The van der Waals surface area contributed by atoms with E-state index in [1.54, 1.807) is 17.0 Å². The molecular formula is C15H23NO4S. The van der Waals surface area contributed by atoms with Gasteiger partial charge in [-0.05, 0) is 30.9 Å². The van der Waals surface area contributed by atoms with E-state index in [0.29, 0.717) is 44.0 Å². The molecule has 6 heteroatoms. The van der Waals surface area contributed by atoms with Crippen LogP contribution in [-0.2, 0) is 20.4 Å². The van der Waals surface area contributed by atoms with E-state index >= 15 is 0 Å². The molecule has 0 atom stereocenters. The second-order valence-corrected chi connectivity index (χ2v) is 8.35. The largest absolute Gasteiger partial charge is 0.468 e. The summed E-state index contributed by atoms with van der Waals surface area (Å²) in [7, 11) is -3.21. The summed E-state index contributed by atoms with van der Waals surface area (Å²) >= 11 is 0. The lowest BCUT2D eigenvalue weighted by atomic mass is 10.1. The van der Waals surface area contributed by atoms with E-state index < -0.39 is 9.84 Å². The number of hydrogen-bond donors (Lipinski definition) is 0. The maximum absolute atomic E-state index is 12.3. The van der Waals surface area contributed by atoms with Gasteiger partial charge in [0, 0.05) is 19.5 Å². The van der Waals surface area contributed by atoms with Gasteiger partial charge in [0.1, 0.15) is 11.5 Å². The summed E-state index contributed by atoms with van der Waals surface area (Å²) in [6, 6.07) is 3.37. The second-order valence-electron chi connectivity index (χ2n) is 6.06. The number of amides is 1. The summed E-state index contributed by atoms with van der Waals surface area (Å²) in [6.07, 6.45) is 3.06. The van der Waals surface area contributed by atoms with Crippen LogP contribution in [0.2, 0.25) is 0 Å². The Bertz CT molecular complexity index is 555. The molecule has 118 valence electrons. The second kappa shape index (κ2) is 6.64. The molecule has 0 aliphatic carbocycles. The predicted molar refractivity (Wildman–Crippen MR) is 80.4 cm³/mol. The number of piperidine rings is 1. The number of furan rings is 1. The van der Waals surface area contributed by atoms with Crippen molar-refractivity contribution in [1.82, 2.24) is 4.90 Å². The maximum Gasteiger partial charge on any atom is 0.222 e. The van der Waals surface area contributed by atoms with Crippen molar-refractivity contribution in [3.05, 3.63) is 24.2 Å². The van der Waals surface area contributed by atoms with Crippen LogP contribution in [0.4, 0.5) is 0 Å². The van der Waals surface area contributed by atoms with Crippen molar-refractivity contribution in [3.8, 4) is 0 Å². The van der Waals surface area contributed by atoms with Gasteiger partial charge in [0.15, 0.2) is 9.84 Å². The van der Waals surface area contributed by atoms with Crippen LogP contribution in [0.1, 0.15) is 38.9 Å². The first kappa shape index (κ1) is 16.1. The number of hydrogen-bond acceptors (Lipinski definition) is 4. The molecule has 21 heavy (non-hydrogen) atoms. The Labute approximate surface area is 126 Å². The zero-order valence-electron chi connectivity index (χ0n) is 12.6. The molecule has 1 fully saturated rings. The van der Waals surface area contributed by atoms with Crippen molar-refractivity contribution < 1.29 is 17.6 Å². The van der Waals surface area contributed by atoms with Crippen LogP contribution in [0, 0.1) is 5.92 Å². The Balaban J connectivity index is 1.90. The minimum absolute atomic E-state index is 0.0510. The molecule has 2 rings (SSSR count). The van der Waals surface area contributed by atoms with E-state index in [0.717, 1.165) is 0 Å². The highest BCUT2D eigenvalue weighted by Crippen LogP contribution is 2.22. The van der Waals surface area contributed by atoms with Crippen LogP contribution in [0.5, 0.6) is 0 Å². The van der Waals surface area contributed by atoms with Gasteiger partial charge in [-0.25, -0.2) is 8.42 Å².